The van der Waals surface area contributed by atoms with Crippen molar-refractivity contribution in [1.29, 1.82) is 0 Å². The molecular weight excluding hydrogens is 388 g/mol. The first-order chi connectivity index (χ1) is 11.9. The number of nitrogens with zero attached hydrogens (tertiary/aromatic N) is 2. The van der Waals surface area contributed by atoms with Crippen molar-refractivity contribution in [2.75, 3.05) is 37.7 Å². The lowest BCUT2D eigenvalue weighted by Gasteiger charge is -2.24. The summed E-state index contributed by atoms with van der Waals surface area (Å²) in [5, 5.41) is 0. The normalized spacial score (nSPS) is 11.6. The van der Waals surface area contributed by atoms with Crippen molar-refractivity contribution in [3.63, 3.8) is 0 Å². The SMILES string of the molecule is C=CC(=O)N(CCCCN(CCS(=O)(=O)[O-])C(=O)C=C)CCS(=O)(=O)[O-]. The Hall–Kier alpha value is -1.76. The Morgan fingerprint density at radius 1 is 0.731 bits per heavy atom. The van der Waals surface area contributed by atoms with Crippen LogP contribution in [0.2, 0.25) is 0 Å². The highest BCUT2D eigenvalue weighted by Crippen LogP contribution is 2.02. The number of carbonyl (C=O) groups is 2. The molecule has 0 bridgehead atoms. The quantitative estimate of drug-likeness (QED) is 0.210. The van der Waals surface area contributed by atoms with Crippen molar-refractivity contribution in [2.24, 2.45) is 0 Å². The lowest BCUT2D eigenvalue weighted by molar-refractivity contribution is -0.127. The van der Waals surface area contributed by atoms with E-state index in [2.05, 4.69) is 13.2 Å². The van der Waals surface area contributed by atoms with Crippen LogP contribution in [0.15, 0.2) is 25.3 Å². The number of hydrogen-bond acceptors (Lipinski definition) is 8. The summed E-state index contributed by atoms with van der Waals surface area (Å²) in [5.41, 5.74) is 0. The highest BCUT2D eigenvalue weighted by Gasteiger charge is 2.14. The molecule has 10 nitrogen and oxygen atoms in total. The van der Waals surface area contributed by atoms with Gasteiger partial charge in [-0.3, -0.25) is 9.59 Å². The van der Waals surface area contributed by atoms with E-state index in [-0.39, 0.29) is 26.2 Å². The van der Waals surface area contributed by atoms with E-state index in [0.717, 1.165) is 22.0 Å². The second-order valence-electron chi connectivity index (χ2n) is 5.29. The second kappa shape index (κ2) is 11.1. The molecule has 0 aliphatic heterocycles. The lowest BCUT2D eigenvalue weighted by Crippen LogP contribution is -2.36. The van der Waals surface area contributed by atoms with Crippen molar-refractivity contribution in [2.45, 2.75) is 12.8 Å². The zero-order valence-corrected chi connectivity index (χ0v) is 15.8. The van der Waals surface area contributed by atoms with E-state index in [1.54, 1.807) is 0 Å². The topological polar surface area (TPSA) is 155 Å². The van der Waals surface area contributed by atoms with Gasteiger partial charge in [0.05, 0.1) is 31.7 Å². The molecule has 0 aliphatic carbocycles. The third kappa shape index (κ3) is 11.7. The molecule has 150 valence electrons. The molecular formula is C14H22N2O8S2-2. The molecule has 0 N–H and O–H groups in total. The minimum atomic E-state index is -4.47. The Balaban J connectivity index is 4.60. The van der Waals surface area contributed by atoms with Crippen molar-refractivity contribution < 1.29 is 35.5 Å². The smallest absolute Gasteiger partial charge is 0.245 e. The van der Waals surface area contributed by atoms with Gasteiger partial charge in [0, 0.05) is 26.2 Å². The van der Waals surface area contributed by atoms with Crippen LogP contribution in [-0.2, 0) is 29.8 Å². The summed E-state index contributed by atoms with van der Waals surface area (Å²) in [6.07, 6.45) is 2.68. The Kier molecular flexibility index (Phi) is 10.3. The van der Waals surface area contributed by atoms with Gasteiger partial charge in [-0.25, -0.2) is 16.8 Å². The van der Waals surface area contributed by atoms with Gasteiger partial charge < -0.3 is 18.9 Å². The van der Waals surface area contributed by atoms with Crippen molar-refractivity contribution in [3.8, 4) is 0 Å². The molecule has 0 saturated heterocycles. The molecule has 0 spiro atoms. The predicted octanol–water partition coefficient (Wildman–Crippen LogP) is -1.11. The van der Waals surface area contributed by atoms with Gasteiger partial charge in [0.25, 0.3) is 0 Å². The van der Waals surface area contributed by atoms with Crippen LogP contribution in [-0.4, -0.2) is 85.2 Å². The van der Waals surface area contributed by atoms with Crippen molar-refractivity contribution in [3.05, 3.63) is 25.3 Å². The Labute approximate surface area is 153 Å². The second-order valence-corrected chi connectivity index (χ2v) is 8.34. The van der Waals surface area contributed by atoms with Gasteiger partial charge in [-0.05, 0) is 25.0 Å². The summed E-state index contributed by atoms with van der Waals surface area (Å²) in [6.45, 7) is 6.28. The summed E-state index contributed by atoms with van der Waals surface area (Å²) in [4.78, 5) is 25.6. The van der Waals surface area contributed by atoms with Gasteiger partial charge >= 0.3 is 0 Å². The van der Waals surface area contributed by atoms with Crippen LogP contribution >= 0.6 is 0 Å². The first kappa shape index (κ1) is 24.2. The molecule has 0 aliphatic rings. The standard InChI is InChI=1S/C14H24N2O8S2/c1-3-13(17)15(9-11-25(19,20)21)7-5-6-8-16(14(18)4-2)10-12-26(22,23)24/h3-4H,1-2,5-12H2,(H,19,20,21)(H,22,23,24)/p-2. The molecule has 0 fully saturated rings. The summed E-state index contributed by atoms with van der Waals surface area (Å²) < 4.78 is 64.1. The van der Waals surface area contributed by atoms with Gasteiger partial charge in [-0.1, -0.05) is 13.2 Å². The molecule has 0 aromatic rings. The molecule has 0 atom stereocenters. The average Bonchev–Trinajstić information content (AvgIpc) is 2.53. The number of amides is 2. The molecule has 0 radical (unpaired) electrons. The first-order valence-electron chi connectivity index (χ1n) is 7.59. The molecule has 0 aromatic carbocycles. The maximum absolute atomic E-state index is 11.7. The van der Waals surface area contributed by atoms with Crippen LogP contribution in [0.25, 0.3) is 0 Å². The Morgan fingerprint density at radius 2 is 1.04 bits per heavy atom. The lowest BCUT2D eigenvalue weighted by atomic mass is 10.2. The average molecular weight is 410 g/mol. The Morgan fingerprint density at radius 3 is 1.27 bits per heavy atom. The zero-order valence-electron chi connectivity index (χ0n) is 14.2. The summed E-state index contributed by atoms with van der Waals surface area (Å²) in [7, 11) is -8.94. The highest BCUT2D eigenvalue weighted by atomic mass is 32.2. The fourth-order valence-electron chi connectivity index (χ4n) is 1.97. The Bertz CT molecular complexity index is 653. The minimum absolute atomic E-state index is 0.121. The van der Waals surface area contributed by atoms with E-state index in [1.165, 1.54) is 0 Å². The number of hydrogen-bond donors (Lipinski definition) is 0. The van der Waals surface area contributed by atoms with Crippen LogP contribution in [0.3, 0.4) is 0 Å². The van der Waals surface area contributed by atoms with Crippen LogP contribution in [0, 0.1) is 0 Å². The summed E-state index contributed by atoms with van der Waals surface area (Å²) in [5.74, 6) is -2.53. The van der Waals surface area contributed by atoms with Crippen LogP contribution in [0.5, 0.6) is 0 Å². The zero-order chi connectivity index (χ0) is 20.4. The van der Waals surface area contributed by atoms with Gasteiger partial charge in [-0.15, -0.1) is 0 Å². The monoisotopic (exact) mass is 410 g/mol. The van der Waals surface area contributed by atoms with Crippen molar-refractivity contribution in [1.82, 2.24) is 9.80 Å². The highest BCUT2D eigenvalue weighted by molar-refractivity contribution is 7.85. The van der Waals surface area contributed by atoms with Crippen LogP contribution < -0.4 is 0 Å². The molecule has 12 heteroatoms. The predicted molar refractivity (Wildman–Crippen MR) is 91.9 cm³/mol. The molecule has 0 heterocycles. The maximum atomic E-state index is 11.7. The summed E-state index contributed by atoms with van der Waals surface area (Å²) >= 11 is 0. The molecule has 0 aromatic heterocycles. The summed E-state index contributed by atoms with van der Waals surface area (Å²) in [6, 6.07) is 0. The maximum Gasteiger partial charge on any atom is 0.245 e. The molecule has 26 heavy (non-hydrogen) atoms. The largest absolute Gasteiger partial charge is 0.748 e. The fourth-order valence-corrected chi connectivity index (χ4v) is 2.86. The fraction of sp³-hybridized carbons (Fsp3) is 0.571. The van der Waals surface area contributed by atoms with E-state index in [9.17, 15) is 35.5 Å². The minimum Gasteiger partial charge on any atom is -0.748 e. The molecule has 2 amide bonds. The van der Waals surface area contributed by atoms with Crippen molar-refractivity contribution >= 4 is 32.1 Å². The van der Waals surface area contributed by atoms with Gasteiger partial charge in [-0.2, -0.15) is 0 Å². The van der Waals surface area contributed by atoms with E-state index in [4.69, 9.17) is 0 Å². The third-order valence-corrected chi connectivity index (χ3v) is 4.67. The van der Waals surface area contributed by atoms with Crippen LogP contribution in [0.4, 0.5) is 0 Å². The molecule has 0 unspecified atom stereocenters. The molecule has 0 rings (SSSR count). The van der Waals surface area contributed by atoms with Gasteiger partial charge in [0.15, 0.2) is 0 Å². The van der Waals surface area contributed by atoms with E-state index < -0.39 is 43.6 Å². The third-order valence-electron chi connectivity index (χ3n) is 3.30. The van der Waals surface area contributed by atoms with E-state index in [1.807, 2.05) is 0 Å². The van der Waals surface area contributed by atoms with E-state index in [0.29, 0.717) is 12.8 Å². The number of carbonyl (C=O) groups excluding carboxylic acids is 2. The number of rotatable bonds is 13. The first-order valence-corrected chi connectivity index (χ1v) is 10.7. The van der Waals surface area contributed by atoms with Crippen LogP contribution in [0.1, 0.15) is 12.8 Å². The number of unbranched alkanes of at least 4 members (excludes halogenated alkanes) is 1. The van der Waals surface area contributed by atoms with Gasteiger partial charge in [0.2, 0.25) is 11.8 Å². The van der Waals surface area contributed by atoms with Gasteiger partial charge in [0.1, 0.15) is 0 Å². The van der Waals surface area contributed by atoms with E-state index >= 15 is 0 Å². The molecule has 0 saturated carbocycles.